The molecule has 3 heterocycles. The van der Waals surface area contributed by atoms with Crippen LogP contribution in [0.3, 0.4) is 0 Å². The van der Waals surface area contributed by atoms with Crippen LogP contribution in [0.25, 0.3) is 10.4 Å². The zero-order valence-corrected chi connectivity index (χ0v) is 14.3. The number of nitrogens with zero attached hydrogens (tertiary/aromatic N) is 5. The van der Waals surface area contributed by atoms with E-state index in [2.05, 4.69) is 19.8 Å². The van der Waals surface area contributed by atoms with Gasteiger partial charge in [-0.3, -0.25) is 0 Å². The van der Waals surface area contributed by atoms with Gasteiger partial charge >= 0.3 is 0 Å². The van der Waals surface area contributed by atoms with Crippen LogP contribution >= 0.6 is 0 Å². The summed E-state index contributed by atoms with van der Waals surface area (Å²) in [7, 11) is -4.23. The Morgan fingerprint density at radius 2 is 2.00 bits per heavy atom. The van der Waals surface area contributed by atoms with E-state index in [-0.39, 0.29) is 17.9 Å². The summed E-state index contributed by atoms with van der Waals surface area (Å²) in [6.07, 6.45) is 3.85. The Labute approximate surface area is 152 Å². The molecule has 8 nitrogen and oxygen atoms in total. The number of imidazole rings is 1. The van der Waals surface area contributed by atoms with Crippen molar-refractivity contribution >= 4 is 27.6 Å². The Kier molecular flexibility index (Phi) is 3.76. The number of primary sulfonamides is 1. The van der Waals surface area contributed by atoms with Crippen molar-refractivity contribution < 1.29 is 17.2 Å². The molecule has 2 aliphatic heterocycles. The zero-order valence-electron chi connectivity index (χ0n) is 13.5. The van der Waals surface area contributed by atoms with Crippen LogP contribution in [0.15, 0.2) is 39.4 Å². The van der Waals surface area contributed by atoms with Crippen molar-refractivity contribution in [1.29, 1.82) is 0 Å². The third-order valence-corrected chi connectivity index (χ3v) is 5.07. The Bertz CT molecular complexity index is 1200. The number of amidine groups is 1. The molecule has 4 rings (SSSR count). The molecule has 0 aliphatic carbocycles. The molecule has 0 saturated carbocycles. The molecule has 0 radical (unpaired) electrons. The van der Waals surface area contributed by atoms with E-state index in [0.29, 0.717) is 29.1 Å². The fourth-order valence-electron chi connectivity index (χ4n) is 2.94. The number of fused-ring (bicyclic) bond motifs is 3. The summed E-state index contributed by atoms with van der Waals surface area (Å²) in [5.74, 6) is -1.90. The van der Waals surface area contributed by atoms with Crippen LogP contribution in [0.2, 0.25) is 0 Å². The first-order valence-electron chi connectivity index (χ1n) is 7.54. The van der Waals surface area contributed by atoms with Crippen molar-refractivity contribution in [3.63, 3.8) is 0 Å². The Morgan fingerprint density at radius 3 is 2.63 bits per heavy atom. The third-order valence-electron chi connectivity index (χ3n) is 4.18. The lowest BCUT2D eigenvalue weighted by Crippen LogP contribution is -2.16. The van der Waals surface area contributed by atoms with E-state index in [1.54, 1.807) is 6.08 Å². The largest absolute Gasteiger partial charge is 0.361 e. The number of benzene rings is 1. The van der Waals surface area contributed by atoms with E-state index in [0.717, 1.165) is 0 Å². The van der Waals surface area contributed by atoms with Gasteiger partial charge in [0, 0.05) is 11.1 Å². The number of hydrogen-bond acceptors (Lipinski definition) is 5. The van der Waals surface area contributed by atoms with E-state index in [1.165, 1.54) is 17.1 Å². The standard InChI is InChI=1S/C16H10F2N6O2S/c1-20-14-4-9-15-13(5-21-16(9)23-14)22-7-24(15)6-10-11(17)2-8(3-12(10)18)27(19,25)26/h2-5,7,16H,6H2,(H2,19,25,26). The van der Waals surface area contributed by atoms with Crippen LogP contribution < -0.4 is 5.14 Å². The summed E-state index contributed by atoms with van der Waals surface area (Å²) >= 11 is 0. The molecule has 2 N–H and O–H groups in total. The van der Waals surface area contributed by atoms with Crippen molar-refractivity contribution in [2.24, 2.45) is 15.1 Å². The predicted octanol–water partition coefficient (Wildman–Crippen LogP) is 1.33. The molecular weight excluding hydrogens is 378 g/mol. The zero-order chi connectivity index (χ0) is 19.3. The predicted molar refractivity (Wildman–Crippen MR) is 92.5 cm³/mol. The highest BCUT2D eigenvalue weighted by Gasteiger charge is 2.32. The van der Waals surface area contributed by atoms with E-state index < -0.39 is 32.7 Å². The topological polar surface area (TPSA) is 107 Å². The van der Waals surface area contributed by atoms with Crippen molar-refractivity contribution in [2.75, 3.05) is 0 Å². The fraction of sp³-hybridized carbons (Fsp3) is 0.125. The molecule has 27 heavy (non-hydrogen) atoms. The number of aromatic nitrogens is 2. The first kappa shape index (κ1) is 17.2. The minimum absolute atomic E-state index is 0.183. The summed E-state index contributed by atoms with van der Waals surface area (Å²) in [5, 5.41) is 4.92. The molecule has 2 aliphatic rings. The molecule has 0 saturated heterocycles. The molecule has 1 atom stereocenters. The molecule has 1 aromatic carbocycles. The number of halogens is 2. The smallest absolute Gasteiger partial charge is 0.267 e. The van der Waals surface area contributed by atoms with E-state index in [4.69, 9.17) is 11.7 Å². The second kappa shape index (κ2) is 5.90. The van der Waals surface area contributed by atoms with E-state index >= 15 is 0 Å². The lowest BCUT2D eigenvalue weighted by atomic mass is 10.1. The van der Waals surface area contributed by atoms with Gasteiger partial charge in [-0.1, -0.05) is 6.57 Å². The Hall–Kier alpha value is -3.23. The van der Waals surface area contributed by atoms with Gasteiger partial charge in [0.1, 0.15) is 17.3 Å². The molecule has 0 spiro atoms. The van der Waals surface area contributed by atoms with E-state index in [1.807, 2.05) is 0 Å². The number of aliphatic imine (C=N–C) groups is 2. The lowest BCUT2D eigenvalue weighted by molar-refractivity contribution is 0.534. The quantitative estimate of drug-likeness (QED) is 0.802. The molecule has 2 aromatic rings. The van der Waals surface area contributed by atoms with Gasteiger partial charge in [0.25, 0.3) is 5.84 Å². The van der Waals surface area contributed by atoms with Crippen LogP contribution in [0.1, 0.15) is 17.0 Å². The maximum absolute atomic E-state index is 14.4. The fourth-order valence-corrected chi connectivity index (χ4v) is 3.48. The van der Waals surface area contributed by atoms with Crippen LogP contribution in [0, 0.1) is 18.2 Å². The van der Waals surface area contributed by atoms with Crippen LogP contribution in [0.4, 0.5) is 8.78 Å². The molecule has 0 fully saturated rings. The number of hydrogen-bond donors (Lipinski definition) is 1. The molecule has 1 unspecified atom stereocenters. The molecular formula is C16H10F2N6O2S. The number of nitrogens with two attached hydrogens (primary N) is 1. The second-order valence-corrected chi connectivity index (χ2v) is 7.43. The highest BCUT2D eigenvalue weighted by Crippen LogP contribution is 2.32. The van der Waals surface area contributed by atoms with E-state index in [9.17, 15) is 17.2 Å². The summed E-state index contributed by atoms with van der Waals surface area (Å²) < 4.78 is 52.8. The number of sulfonamides is 1. The van der Waals surface area contributed by atoms with Gasteiger partial charge in [-0.15, -0.1) is 4.99 Å². The third kappa shape index (κ3) is 2.84. The van der Waals surface area contributed by atoms with Crippen molar-refractivity contribution in [1.82, 2.24) is 9.55 Å². The van der Waals surface area contributed by atoms with Gasteiger partial charge in [0.05, 0.1) is 29.7 Å². The van der Waals surface area contributed by atoms with Gasteiger partial charge in [-0.05, 0) is 18.2 Å². The van der Waals surface area contributed by atoms with Gasteiger partial charge in [0.2, 0.25) is 16.2 Å². The number of rotatable bonds is 3. The average molecular weight is 388 g/mol. The van der Waals surface area contributed by atoms with Crippen molar-refractivity contribution in [2.45, 2.75) is 17.6 Å². The second-order valence-electron chi connectivity index (χ2n) is 5.87. The minimum Gasteiger partial charge on any atom is -0.361 e. The summed E-state index contributed by atoms with van der Waals surface area (Å²) in [6.45, 7) is 6.83. The van der Waals surface area contributed by atoms with Gasteiger partial charge < -0.3 is 9.41 Å². The summed E-state index contributed by atoms with van der Waals surface area (Å²) in [6, 6.07) is 1.35. The maximum Gasteiger partial charge on any atom is 0.267 e. The van der Waals surface area contributed by atoms with Crippen molar-refractivity contribution in [3.8, 4) is 0 Å². The molecule has 0 bridgehead atoms. The molecule has 136 valence electrons. The van der Waals surface area contributed by atoms with Gasteiger partial charge in [-0.25, -0.2) is 32.3 Å². The lowest BCUT2D eigenvalue weighted by Gasteiger charge is -2.15. The molecule has 11 heteroatoms. The maximum atomic E-state index is 14.4. The SMILES string of the molecule is [C-]#[N+]C1=NC2N=Cc3ncn(Cc4c(F)cc(S(N)(=O)=O)cc4F)c3C2=C1. The highest BCUT2D eigenvalue weighted by molar-refractivity contribution is 7.89. The first-order chi connectivity index (χ1) is 12.8. The minimum atomic E-state index is -4.23. The monoisotopic (exact) mass is 388 g/mol. The Morgan fingerprint density at radius 1 is 1.30 bits per heavy atom. The summed E-state index contributed by atoms with van der Waals surface area (Å²) in [4.78, 5) is 15.1. The average Bonchev–Trinajstić information content (AvgIpc) is 3.20. The summed E-state index contributed by atoms with van der Waals surface area (Å²) in [5.41, 5.74) is 1.30. The van der Waals surface area contributed by atoms with Gasteiger partial charge in [-0.2, -0.15) is 0 Å². The van der Waals surface area contributed by atoms with Crippen LogP contribution in [-0.2, 0) is 16.6 Å². The molecule has 1 aromatic heterocycles. The first-order valence-corrected chi connectivity index (χ1v) is 9.09. The van der Waals surface area contributed by atoms with Crippen molar-refractivity contribution in [3.05, 3.63) is 64.5 Å². The van der Waals surface area contributed by atoms with Crippen LogP contribution in [0.5, 0.6) is 0 Å². The Balaban J connectivity index is 1.77. The molecule has 0 amide bonds. The normalized spacial score (nSPS) is 17.8. The van der Waals surface area contributed by atoms with Crippen LogP contribution in [-0.4, -0.2) is 36.2 Å². The highest BCUT2D eigenvalue weighted by atomic mass is 32.2. The van der Waals surface area contributed by atoms with Gasteiger partial charge in [0.15, 0.2) is 0 Å².